The van der Waals surface area contributed by atoms with Crippen molar-refractivity contribution in [2.75, 3.05) is 33.7 Å². The van der Waals surface area contributed by atoms with E-state index in [2.05, 4.69) is 58.5 Å². The fraction of sp³-hybridized carbons (Fsp3) is 1.00. The maximum atomic E-state index is 6.18. The predicted octanol–water partition coefficient (Wildman–Crippen LogP) is 2.02. The van der Waals surface area contributed by atoms with Gasteiger partial charge in [-0.15, -0.1) is 0 Å². The number of nitrogens with zero attached hydrogens (tertiary/aromatic N) is 2. The molecule has 0 fully saturated rings. The second-order valence-corrected chi connectivity index (χ2v) is 6.46. The summed E-state index contributed by atoms with van der Waals surface area (Å²) in [5, 5.41) is 0. The van der Waals surface area contributed by atoms with Crippen molar-refractivity contribution in [3.8, 4) is 0 Å². The van der Waals surface area contributed by atoms with Crippen molar-refractivity contribution in [3.05, 3.63) is 0 Å². The van der Waals surface area contributed by atoms with Crippen molar-refractivity contribution in [3.63, 3.8) is 0 Å². The summed E-state index contributed by atoms with van der Waals surface area (Å²) >= 11 is 0. The van der Waals surface area contributed by atoms with E-state index in [0.717, 1.165) is 19.6 Å². The number of likely N-dealkylation sites (N-methyl/N-ethyl adjacent to an activating group) is 1. The van der Waals surface area contributed by atoms with E-state index in [1.807, 2.05) is 0 Å². The van der Waals surface area contributed by atoms with Crippen LogP contribution in [0, 0.1) is 5.41 Å². The number of hydrogen-bond donors (Lipinski definition) is 1. The van der Waals surface area contributed by atoms with Gasteiger partial charge in [-0.2, -0.15) is 0 Å². The quantitative estimate of drug-likeness (QED) is 0.742. The first-order valence-corrected chi connectivity index (χ1v) is 6.84. The van der Waals surface area contributed by atoms with E-state index in [0.29, 0.717) is 6.04 Å². The van der Waals surface area contributed by atoms with E-state index in [9.17, 15) is 0 Å². The molecule has 0 radical (unpaired) electrons. The molecular weight excluding hydrogens is 210 g/mol. The van der Waals surface area contributed by atoms with Crippen LogP contribution in [-0.2, 0) is 0 Å². The van der Waals surface area contributed by atoms with Crippen molar-refractivity contribution in [1.82, 2.24) is 9.80 Å². The molecule has 0 aromatic rings. The van der Waals surface area contributed by atoms with Crippen molar-refractivity contribution in [2.45, 2.75) is 53.1 Å². The second kappa shape index (κ2) is 7.34. The van der Waals surface area contributed by atoms with Crippen LogP contribution in [0.15, 0.2) is 0 Å². The first kappa shape index (κ1) is 16.9. The van der Waals surface area contributed by atoms with E-state index in [-0.39, 0.29) is 11.5 Å². The van der Waals surface area contributed by atoms with Crippen LogP contribution in [0.4, 0.5) is 0 Å². The minimum Gasteiger partial charge on any atom is -0.327 e. The van der Waals surface area contributed by atoms with Gasteiger partial charge in [0.2, 0.25) is 0 Å². The number of nitrogens with two attached hydrogens (primary N) is 1. The normalized spacial score (nSPS) is 16.6. The van der Waals surface area contributed by atoms with Gasteiger partial charge in [0.15, 0.2) is 0 Å². The lowest BCUT2D eigenvalue weighted by molar-refractivity contribution is 0.0836. The topological polar surface area (TPSA) is 32.5 Å². The molecule has 0 saturated heterocycles. The molecule has 0 aromatic carbocycles. The molecule has 3 heteroatoms. The van der Waals surface area contributed by atoms with Gasteiger partial charge in [0.05, 0.1) is 0 Å². The van der Waals surface area contributed by atoms with Gasteiger partial charge in [-0.1, -0.05) is 27.7 Å². The minimum atomic E-state index is 0.217. The third-order valence-electron chi connectivity index (χ3n) is 3.24. The Balaban J connectivity index is 4.47. The first-order chi connectivity index (χ1) is 7.70. The lowest BCUT2D eigenvalue weighted by atomic mass is 9.81. The molecule has 0 aliphatic carbocycles. The Morgan fingerprint density at radius 2 is 1.65 bits per heavy atom. The van der Waals surface area contributed by atoms with Gasteiger partial charge in [-0.25, -0.2) is 0 Å². The van der Waals surface area contributed by atoms with Crippen molar-refractivity contribution in [1.29, 1.82) is 0 Å². The highest BCUT2D eigenvalue weighted by Gasteiger charge is 2.32. The van der Waals surface area contributed by atoms with Gasteiger partial charge in [0.1, 0.15) is 0 Å². The summed E-state index contributed by atoms with van der Waals surface area (Å²) in [5.41, 5.74) is 6.42. The van der Waals surface area contributed by atoms with Gasteiger partial charge in [-0.05, 0) is 52.5 Å². The lowest BCUT2D eigenvalue weighted by Gasteiger charge is -2.42. The number of hydrogen-bond acceptors (Lipinski definition) is 3. The predicted molar refractivity (Wildman–Crippen MR) is 77.3 cm³/mol. The fourth-order valence-corrected chi connectivity index (χ4v) is 2.75. The molecule has 17 heavy (non-hydrogen) atoms. The van der Waals surface area contributed by atoms with Crippen LogP contribution in [0.3, 0.4) is 0 Å². The van der Waals surface area contributed by atoms with Gasteiger partial charge in [0, 0.05) is 12.1 Å². The Bertz CT molecular complexity index is 194. The molecule has 0 amide bonds. The van der Waals surface area contributed by atoms with E-state index in [1.54, 1.807) is 0 Å². The molecule has 0 saturated carbocycles. The molecule has 0 aromatic heterocycles. The SMILES string of the molecule is CCN(CCCN(C)C)C(C(C)N)C(C)(C)C. The van der Waals surface area contributed by atoms with E-state index >= 15 is 0 Å². The second-order valence-electron chi connectivity index (χ2n) is 6.46. The summed E-state index contributed by atoms with van der Waals surface area (Å²) in [6, 6.07) is 0.670. The van der Waals surface area contributed by atoms with Crippen LogP contribution >= 0.6 is 0 Å². The molecule has 0 aliphatic heterocycles. The summed E-state index contributed by atoms with van der Waals surface area (Å²) in [6.45, 7) is 14.6. The molecule has 2 atom stereocenters. The largest absolute Gasteiger partial charge is 0.327 e. The molecule has 0 spiro atoms. The maximum Gasteiger partial charge on any atom is 0.0292 e. The molecule has 0 heterocycles. The average Bonchev–Trinajstić information content (AvgIpc) is 2.12. The lowest BCUT2D eigenvalue weighted by Crippen LogP contribution is -2.54. The standard InChI is InChI=1S/C14H33N3/c1-8-17(11-9-10-16(6)7)13(12(2)15)14(3,4)5/h12-13H,8-11,15H2,1-7H3. The van der Waals surface area contributed by atoms with Crippen molar-refractivity contribution >= 4 is 0 Å². The molecule has 0 bridgehead atoms. The van der Waals surface area contributed by atoms with E-state index in [4.69, 9.17) is 5.73 Å². The molecule has 0 aliphatic rings. The summed E-state index contributed by atoms with van der Waals surface area (Å²) < 4.78 is 0. The molecule has 2 N–H and O–H groups in total. The third-order valence-corrected chi connectivity index (χ3v) is 3.24. The minimum absolute atomic E-state index is 0.217. The van der Waals surface area contributed by atoms with Crippen LogP contribution in [0.1, 0.15) is 41.0 Å². The Labute approximate surface area is 108 Å². The van der Waals surface area contributed by atoms with Crippen LogP contribution in [0.25, 0.3) is 0 Å². The number of rotatable bonds is 7. The van der Waals surface area contributed by atoms with E-state index < -0.39 is 0 Å². The highest BCUT2D eigenvalue weighted by atomic mass is 15.2. The first-order valence-electron chi connectivity index (χ1n) is 6.84. The van der Waals surface area contributed by atoms with Crippen LogP contribution in [-0.4, -0.2) is 55.6 Å². The average molecular weight is 243 g/mol. The van der Waals surface area contributed by atoms with E-state index in [1.165, 1.54) is 6.42 Å². The van der Waals surface area contributed by atoms with Gasteiger partial charge >= 0.3 is 0 Å². The molecule has 3 nitrogen and oxygen atoms in total. The Kier molecular flexibility index (Phi) is 7.29. The Morgan fingerprint density at radius 1 is 1.12 bits per heavy atom. The van der Waals surface area contributed by atoms with Crippen molar-refractivity contribution in [2.24, 2.45) is 11.1 Å². The monoisotopic (exact) mass is 243 g/mol. The van der Waals surface area contributed by atoms with Crippen LogP contribution in [0.2, 0.25) is 0 Å². The van der Waals surface area contributed by atoms with Crippen LogP contribution < -0.4 is 5.73 Å². The highest BCUT2D eigenvalue weighted by molar-refractivity contribution is 4.88. The smallest absolute Gasteiger partial charge is 0.0292 e. The zero-order chi connectivity index (χ0) is 13.6. The van der Waals surface area contributed by atoms with Crippen molar-refractivity contribution < 1.29 is 0 Å². The van der Waals surface area contributed by atoms with Gasteiger partial charge in [-0.3, -0.25) is 4.90 Å². The van der Waals surface area contributed by atoms with Crippen LogP contribution in [0.5, 0.6) is 0 Å². The Morgan fingerprint density at radius 3 is 1.94 bits per heavy atom. The maximum absolute atomic E-state index is 6.18. The zero-order valence-corrected chi connectivity index (χ0v) is 13.0. The Hall–Kier alpha value is -0.120. The highest BCUT2D eigenvalue weighted by Crippen LogP contribution is 2.26. The summed E-state index contributed by atoms with van der Waals surface area (Å²) in [7, 11) is 4.26. The molecule has 0 rings (SSSR count). The fourth-order valence-electron chi connectivity index (χ4n) is 2.75. The summed E-state index contributed by atoms with van der Waals surface area (Å²) in [4.78, 5) is 4.78. The molecule has 2 unspecified atom stereocenters. The summed E-state index contributed by atoms with van der Waals surface area (Å²) in [5.74, 6) is 0. The molecular formula is C14H33N3. The summed E-state index contributed by atoms with van der Waals surface area (Å²) in [6.07, 6.45) is 1.21. The third kappa shape index (κ3) is 6.39. The zero-order valence-electron chi connectivity index (χ0n) is 13.0. The molecule has 104 valence electrons. The van der Waals surface area contributed by atoms with Gasteiger partial charge < -0.3 is 10.6 Å². The van der Waals surface area contributed by atoms with Gasteiger partial charge in [0.25, 0.3) is 0 Å².